The smallest absolute Gasteiger partial charge is 0.207 e. The standard InChI is InChI=1S/C23H18ClN3OS/c1-28-18-10-7-16(8-11-18)21-14-20(15-5-3-2-4-6-15)26-27(21)23-25-19-12-9-17(24)13-22(19)29-23/h2-13,21H,14H2,1H3. The summed E-state index contributed by atoms with van der Waals surface area (Å²) in [6.07, 6.45) is 0.813. The highest BCUT2D eigenvalue weighted by atomic mass is 35.5. The molecule has 29 heavy (non-hydrogen) atoms. The van der Waals surface area contributed by atoms with Crippen LogP contribution in [0.3, 0.4) is 0 Å². The van der Waals surface area contributed by atoms with Gasteiger partial charge in [-0.1, -0.05) is 65.4 Å². The molecular weight excluding hydrogens is 402 g/mol. The Bertz CT molecular complexity index is 1190. The number of ether oxygens (including phenoxy) is 1. The van der Waals surface area contributed by atoms with Gasteiger partial charge in [-0.05, 0) is 41.5 Å². The van der Waals surface area contributed by atoms with Crippen LogP contribution in [0.15, 0.2) is 77.9 Å². The van der Waals surface area contributed by atoms with Crippen LogP contribution in [0.4, 0.5) is 5.13 Å². The number of thiazole rings is 1. The van der Waals surface area contributed by atoms with E-state index < -0.39 is 0 Å². The molecule has 5 rings (SSSR count). The van der Waals surface area contributed by atoms with Gasteiger partial charge in [0.15, 0.2) is 0 Å². The third-order valence-corrected chi connectivity index (χ3v) is 6.30. The molecule has 0 bridgehead atoms. The van der Waals surface area contributed by atoms with Gasteiger partial charge in [-0.3, -0.25) is 0 Å². The number of hydrogen-bond donors (Lipinski definition) is 0. The zero-order valence-corrected chi connectivity index (χ0v) is 17.3. The van der Waals surface area contributed by atoms with E-state index in [2.05, 4.69) is 24.3 Å². The van der Waals surface area contributed by atoms with Crippen molar-refractivity contribution in [1.82, 2.24) is 4.98 Å². The number of hydrazone groups is 1. The number of hydrogen-bond acceptors (Lipinski definition) is 5. The van der Waals surface area contributed by atoms with E-state index in [4.69, 9.17) is 26.4 Å². The van der Waals surface area contributed by atoms with Gasteiger partial charge < -0.3 is 4.74 Å². The number of halogens is 1. The molecular formula is C23H18ClN3OS. The van der Waals surface area contributed by atoms with Crippen LogP contribution in [0, 0.1) is 0 Å². The van der Waals surface area contributed by atoms with Crippen LogP contribution in [0.2, 0.25) is 5.02 Å². The summed E-state index contributed by atoms with van der Waals surface area (Å²) >= 11 is 7.78. The SMILES string of the molecule is COc1ccc(C2CC(c3ccccc3)=NN2c2nc3ccc(Cl)cc3s2)cc1. The average molecular weight is 420 g/mol. The number of fused-ring (bicyclic) bond motifs is 1. The Hall–Kier alpha value is -2.89. The average Bonchev–Trinajstić information content (AvgIpc) is 3.38. The zero-order chi connectivity index (χ0) is 19.8. The molecule has 1 unspecified atom stereocenters. The Labute approximate surface area is 178 Å². The Morgan fingerprint density at radius 1 is 1.03 bits per heavy atom. The van der Waals surface area contributed by atoms with Crippen molar-refractivity contribution in [2.75, 3.05) is 12.1 Å². The molecule has 0 amide bonds. The maximum Gasteiger partial charge on any atom is 0.207 e. The highest BCUT2D eigenvalue weighted by Gasteiger charge is 2.31. The Morgan fingerprint density at radius 3 is 2.59 bits per heavy atom. The summed E-state index contributed by atoms with van der Waals surface area (Å²) in [4.78, 5) is 4.83. The Balaban J connectivity index is 1.58. The summed E-state index contributed by atoms with van der Waals surface area (Å²) in [5.41, 5.74) is 4.31. The maximum atomic E-state index is 6.17. The van der Waals surface area contributed by atoms with Crippen LogP contribution >= 0.6 is 22.9 Å². The molecule has 4 aromatic rings. The van der Waals surface area contributed by atoms with Crippen molar-refractivity contribution < 1.29 is 4.74 Å². The van der Waals surface area contributed by atoms with Crippen LogP contribution in [0.25, 0.3) is 10.2 Å². The molecule has 1 aliphatic heterocycles. The molecule has 0 saturated heterocycles. The molecule has 4 nitrogen and oxygen atoms in total. The fourth-order valence-electron chi connectivity index (χ4n) is 3.56. The molecule has 0 fully saturated rings. The second kappa shape index (κ2) is 7.50. The Kier molecular flexibility index (Phi) is 4.70. The molecule has 1 aromatic heterocycles. The van der Waals surface area contributed by atoms with Crippen LogP contribution in [-0.2, 0) is 0 Å². The fraction of sp³-hybridized carbons (Fsp3) is 0.130. The molecule has 2 heterocycles. The molecule has 6 heteroatoms. The van der Waals surface area contributed by atoms with Gasteiger partial charge in [-0.25, -0.2) is 9.99 Å². The lowest BCUT2D eigenvalue weighted by Gasteiger charge is -2.21. The van der Waals surface area contributed by atoms with E-state index in [0.29, 0.717) is 5.02 Å². The van der Waals surface area contributed by atoms with Gasteiger partial charge in [0.2, 0.25) is 5.13 Å². The molecule has 144 valence electrons. The van der Waals surface area contributed by atoms with E-state index in [9.17, 15) is 0 Å². The number of nitrogens with zero attached hydrogens (tertiary/aromatic N) is 3. The van der Waals surface area contributed by atoms with Gasteiger partial charge in [0, 0.05) is 11.4 Å². The van der Waals surface area contributed by atoms with E-state index >= 15 is 0 Å². The van der Waals surface area contributed by atoms with E-state index in [1.165, 1.54) is 5.56 Å². The topological polar surface area (TPSA) is 37.7 Å². The van der Waals surface area contributed by atoms with Crippen molar-refractivity contribution in [3.63, 3.8) is 0 Å². The second-order valence-corrected chi connectivity index (χ2v) is 8.30. The van der Waals surface area contributed by atoms with E-state index in [1.54, 1.807) is 18.4 Å². The second-order valence-electron chi connectivity index (χ2n) is 6.86. The van der Waals surface area contributed by atoms with Crippen LogP contribution in [-0.4, -0.2) is 17.8 Å². The lowest BCUT2D eigenvalue weighted by molar-refractivity contribution is 0.414. The van der Waals surface area contributed by atoms with Gasteiger partial charge in [0.25, 0.3) is 0 Å². The molecule has 0 saturated carbocycles. The molecule has 1 aliphatic rings. The molecule has 0 spiro atoms. The van der Waals surface area contributed by atoms with Crippen molar-refractivity contribution in [2.45, 2.75) is 12.5 Å². The minimum absolute atomic E-state index is 0.0761. The van der Waals surface area contributed by atoms with Crippen molar-refractivity contribution in [3.05, 3.63) is 88.9 Å². The molecule has 0 aliphatic carbocycles. The van der Waals surface area contributed by atoms with Gasteiger partial charge >= 0.3 is 0 Å². The monoisotopic (exact) mass is 419 g/mol. The minimum atomic E-state index is 0.0761. The predicted molar refractivity (Wildman–Crippen MR) is 120 cm³/mol. The fourth-order valence-corrected chi connectivity index (χ4v) is 4.81. The normalized spacial score (nSPS) is 16.3. The number of anilines is 1. The van der Waals surface area contributed by atoms with Gasteiger partial charge in [-0.2, -0.15) is 5.10 Å². The lowest BCUT2D eigenvalue weighted by atomic mass is 9.98. The summed E-state index contributed by atoms with van der Waals surface area (Å²) in [5.74, 6) is 0.845. The van der Waals surface area contributed by atoms with Crippen molar-refractivity contribution >= 4 is 44.0 Å². The third-order valence-electron chi connectivity index (χ3n) is 5.05. The number of rotatable bonds is 4. The highest BCUT2D eigenvalue weighted by molar-refractivity contribution is 7.22. The van der Waals surface area contributed by atoms with Crippen molar-refractivity contribution in [1.29, 1.82) is 0 Å². The van der Waals surface area contributed by atoms with Crippen LogP contribution in [0.5, 0.6) is 5.75 Å². The van der Waals surface area contributed by atoms with Crippen molar-refractivity contribution in [2.24, 2.45) is 5.10 Å². The molecule has 3 aromatic carbocycles. The summed E-state index contributed by atoms with van der Waals surface area (Å²) < 4.78 is 6.38. The number of aromatic nitrogens is 1. The first kappa shape index (κ1) is 18.2. The van der Waals surface area contributed by atoms with E-state index in [0.717, 1.165) is 38.8 Å². The first-order valence-corrected chi connectivity index (χ1v) is 10.5. The lowest BCUT2D eigenvalue weighted by Crippen LogP contribution is -2.18. The number of methoxy groups -OCH3 is 1. The van der Waals surface area contributed by atoms with Crippen LogP contribution in [0.1, 0.15) is 23.6 Å². The first-order valence-electron chi connectivity index (χ1n) is 9.33. The third kappa shape index (κ3) is 3.48. The maximum absolute atomic E-state index is 6.17. The summed E-state index contributed by atoms with van der Waals surface area (Å²) in [6, 6.07) is 24.4. The Morgan fingerprint density at radius 2 is 1.83 bits per heavy atom. The van der Waals surface area contributed by atoms with Gasteiger partial charge in [-0.15, -0.1) is 0 Å². The predicted octanol–water partition coefficient (Wildman–Crippen LogP) is 6.31. The first-order chi connectivity index (χ1) is 14.2. The molecule has 0 N–H and O–H groups in total. The van der Waals surface area contributed by atoms with Gasteiger partial charge in [0.05, 0.1) is 29.1 Å². The van der Waals surface area contributed by atoms with Crippen LogP contribution < -0.4 is 9.75 Å². The minimum Gasteiger partial charge on any atom is -0.497 e. The van der Waals surface area contributed by atoms with E-state index in [-0.39, 0.29) is 6.04 Å². The van der Waals surface area contributed by atoms with E-state index in [1.807, 2.05) is 53.5 Å². The molecule has 1 atom stereocenters. The summed E-state index contributed by atoms with van der Waals surface area (Å²) in [7, 11) is 1.68. The number of benzene rings is 3. The highest BCUT2D eigenvalue weighted by Crippen LogP contribution is 2.40. The summed E-state index contributed by atoms with van der Waals surface area (Å²) in [5, 5.41) is 8.61. The largest absolute Gasteiger partial charge is 0.497 e. The zero-order valence-electron chi connectivity index (χ0n) is 15.7. The summed E-state index contributed by atoms with van der Waals surface area (Å²) in [6.45, 7) is 0. The quantitative estimate of drug-likeness (QED) is 0.388. The molecule has 0 radical (unpaired) electrons. The van der Waals surface area contributed by atoms with Gasteiger partial charge in [0.1, 0.15) is 5.75 Å². The van der Waals surface area contributed by atoms with Crippen molar-refractivity contribution in [3.8, 4) is 5.75 Å².